The van der Waals surface area contributed by atoms with E-state index >= 15 is 0 Å². The van der Waals surface area contributed by atoms with Crippen molar-refractivity contribution in [2.75, 3.05) is 13.6 Å². The molecule has 22 heteroatoms. The van der Waals surface area contributed by atoms with Gasteiger partial charge in [0.2, 0.25) is 29.5 Å². The fourth-order valence-electron chi connectivity index (χ4n) is 7.44. The number of nitrogens with one attached hydrogen (secondary N) is 6. The molecule has 0 aromatic rings. The lowest BCUT2D eigenvalue weighted by Crippen LogP contribution is -2.45. The molecule has 0 heterocycles. The van der Waals surface area contributed by atoms with Crippen molar-refractivity contribution in [2.45, 2.75) is 216 Å². The van der Waals surface area contributed by atoms with Gasteiger partial charge in [-0.05, 0) is 71.3 Å². The normalized spacial score (nSPS) is 13.6. The molecule has 0 aliphatic heterocycles. The van der Waals surface area contributed by atoms with Gasteiger partial charge in [0, 0.05) is 45.1 Å². The zero-order valence-corrected chi connectivity index (χ0v) is 40.6. The van der Waals surface area contributed by atoms with E-state index in [0.717, 1.165) is 76.9 Å². The van der Waals surface area contributed by atoms with Gasteiger partial charge in [-0.2, -0.15) is 0 Å². The van der Waals surface area contributed by atoms with Gasteiger partial charge < -0.3 is 62.2 Å². The lowest BCUT2D eigenvalue weighted by Gasteiger charge is -2.25. The highest BCUT2D eigenvalue weighted by molar-refractivity contribution is 5.88. The van der Waals surface area contributed by atoms with Gasteiger partial charge in [-0.25, -0.2) is 19.2 Å². The van der Waals surface area contributed by atoms with Crippen LogP contribution in [0.2, 0.25) is 0 Å². The Morgan fingerprint density at radius 3 is 1.01 bits per heavy atom. The average molecular weight is 985 g/mol. The van der Waals surface area contributed by atoms with Crippen LogP contribution < -0.4 is 31.9 Å². The topological polar surface area (TPSA) is 361 Å². The summed E-state index contributed by atoms with van der Waals surface area (Å²) in [7, 11) is 1.70. The lowest BCUT2D eigenvalue weighted by atomic mass is 9.91. The van der Waals surface area contributed by atoms with Gasteiger partial charge in [0.15, 0.2) is 0 Å². The maximum atomic E-state index is 12.6. The molecule has 0 spiro atoms. The maximum absolute atomic E-state index is 12.6. The van der Waals surface area contributed by atoms with Crippen molar-refractivity contribution in [3.8, 4) is 0 Å². The van der Waals surface area contributed by atoms with Crippen LogP contribution in [0.3, 0.4) is 0 Å². The number of amides is 5. The zero-order valence-electron chi connectivity index (χ0n) is 40.6. The number of unbranched alkanes of at least 4 members (excludes halogenated alkanes) is 14. The Morgan fingerprint density at radius 2 is 0.725 bits per heavy atom. The first-order chi connectivity index (χ1) is 32.8. The van der Waals surface area contributed by atoms with E-state index in [1.807, 2.05) is 6.92 Å². The smallest absolute Gasteiger partial charge is 0.326 e. The van der Waals surface area contributed by atoms with Crippen molar-refractivity contribution in [1.82, 2.24) is 31.9 Å². The molecule has 0 aromatic heterocycles. The Hall–Kier alpha value is -5.67. The number of carbonyl (C=O) groups excluding carboxylic acids is 6. The number of carboxylic acid groups (broad SMARTS) is 5. The number of aldehydes is 1. The molecule has 0 radical (unpaired) electrons. The Morgan fingerprint density at radius 1 is 0.420 bits per heavy atom. The van der Waals surface area contributed by atoms with E-state index in [1.165, 1.54) is 12.8 Å². The molecule has 0 saturated carbocycles. The van der Waals surface area contributed by atoms with Crippen LogP contribution >= 0.6 is 0 Å². The van der Waals surface area contributed by atoms with Crippen molar-refractivity contribution in [2.24, 2.45) is 0 Å². The van der Waals surface area contributed by atoms with Crippen LogP contribution in [0.25, 0.3) is 0 Å². The number of hydrogen-bond acceptors (Lipinski definition) is 12. The number of likely N-dealkylation sites (N-methyl/N-ethyl adjacent to an activating group) is 1. The van der Waals surface area contributed by atoms with Gasteiger partial charge in [0.1, 0.15) is 30.5 Å². The summed E-state index contributed by atoms with van der Waals surface area (Å²) in [6.07, 6.45) is 14.3. The average Bonchev–Trinajstić information content (AvgIpc) is 3.29. The molecule has 0 bridgehead atoms. The predicted octanol–water partition coefficient (Wildman–Crippen LogP) is 3.56. The Balaban J connectivity index is 4.60. The Labute approximate surface area is 405 Å². The Bertz CT molecular complexity index is 1620. The van der Waals surface area contributed by atoms with Gasteiger partial charge in [-0.3, -0.25) is 28.8 Å². The fourth-order valence-corrected chi connectivity index (χ4v) is 7.44. The second-order valence-corrected chi connectivity index (χ2v) is 17.5. The monoisotopic (exact) mass is 985 g/mol. The standard InChI is InChI=1S/C47H80N6O16/c1-3-47(32-54,48-2)30-18-19-31-49-37(55)26-22-33(43(62)63)51-39(57)28-24-35(45(66)67)53-41(59)29-25-36(46(68)69)52-40(58)27-23-34(44(64)65)50-38(56)20-16-14-12-10-8-6-4-5-7-9-11-13-15-17-21-42(60)61/h32-36,48H,3-31H2,1-2H3,(H,49,55)(H,50,56)(H,51,57)(H,52,58)(H,53,59)(H,60,61)(H,62,63)(H,64,65)(H,66,67)(H,68,69)/t33-,34-,35-,36?,47-/m0/s1. The Kier molecular flexibility index (Phi) is 35.1. The number of aliphatic carboxylic acids is 5. The van der Waals surface area contributed by atoms with Crippen LogP contribution in [0.15, 0.2) is 0 Å². The summed E-state index contributed by atoms with van der Waals surface area (Å²) in [4.78, 5) is 132. The summed E-state index contributed by atoms with van der Waals surface area (Å²) in [5, 5.41) is 61.8. The quantitative estimate of drug-likeness (QED) is 0.0307. The summed E-state index contributed by atoms with van der Waals surface area (Å²) >= 11 is 0. The minimum Gasteiger partial charge on any atom is -0.481 e. The molecule has 394 valence electrons. The molecule has 1 unspecified atom stereocenters. The van der Waals surface area contributed by atoms with E-state index in [2.05, 4.69) is 31.9 Å². The second-order valence-electron chi connectivity index (χ2n) is 17.5. The summed E-state index contributed by atoms with van der Waals surface area (Å²) in [6, 6.07) is -6.12. The van der Waals surface area contributed by atoms with Crippen LogP contribution in [-0.2, 0) is 52.7 Å². The third kappa shape index (κ3) is 32.7. The van der Waals surface area contributed by atoms with Crippen molar-refractivity contribution in [3.63, 3.8) is 0 Å². The van der Waals surface area contributed by atoms with E-state index in [4.69, 9.17) is 5.11 Å². The minimum atomic E-state index is -1.63. The molecular weight excluding hydrogens is 905 g/mol. The fraction of sp³-hybridized carbons (Fsp3) is 0.766. The maximum Gasteiger partial charge on any atom is 0.326 e. The first-order valence-corrected chi connectivity index (χ1v) is 24.5. The van der Waals surface area contributed by atoms with Crippen LogP contribution in [0, 0.1) is 0 Å². The summed E-state index contributed by atoms with van der Waals surface area (Å²) in [6.45, 7) is 2.18. The molecule has 69 heavy (non-hydrogen) atoms. The third-order valence-corrected chi connectivity index (χ3v) is 11.9. The molecule has 0 aliphatic rings. The molecule has 0 aromatic carbocycles. The molecule has 5 atom stereocenters. The van der Waals surface area contributed by atoms with Gasteiger partial charge in [0.25, 0.3) is 0 Å². The van der Waals surface area contributed by atoms with Crippen LogP contribution in [0.5, 0.6) is 0 Å². The van der Waals surface area contributed by atoms with Crippen molar-refractivity contribution < 1.29 is 78.3 Å². The largest absolute Gasteiger partial charge is 0.481 e. The first kappa shape index (κ1) is 63.3. The van der Waals surface area contributed by atoms with Crippen LogP contribution in [0.1, 0.15) is 187 Å². The van der Waals surface area contributed by atoms with E-state index in [9.17, 15) is 73.2 Å². The van der Waals surface area contributed by atoms with Gasteiger partial charge in [-0.1, -0.05) is 84.0 Å². The number of carboxylic acids is 5. The highest BCUT2D eigenvalue weighted by Gasteiger charge is 2.28. The van der Waals surface area contributed by atoms with E-state index < -0.39 is 121 Å². The van der Waals surface area contributed by atoms with E-state index in [0.29, 0.717) is 38.6 Å². The highest BCUT2D eigenvalue weighted by Crippen LogP contribution is 2.16. The molecule has 0 saturated heterocycles. The molecule has 0 aliphatic carbocycles. The summed E-state index contributed by atoms with van der Waals surface area (Å²) in [5.74, 6) is -10.2. The van der Waals surface area contributed by atoms with Gasteiger partial charge in [0.05, 0.1) is 5.54 Å². The summed E-state index contributed by atoms with van der Waals surface area (Å²) < 4.78 is 0. The third-order valence-electron chi connectivity index (χ3n) is 11.9. The molecule has 5 amide bonds. The lowest BCUT2D eigenvalue weighted by molar-refractivity contribution is -0.144. The SMILES string of the molecule is CC[C@@](C=O)(CCCCNC(=O)CC[C@H](NC(=O)CC[C@H](NC(=O)CCC(NC(=O)CC[C@H](NC(=O)CCCCCCCCCCCCCCCCC(=O)O)C(=O)O)C(=O)O)C(=O)O)C(=O)O)NC. The predicted molar refractivity (Wildman–Crippen MR) is 252 cm³/mol. The summed E-state index contributed by atoms with van der Waals surface area (Å²) in [5.41, 5.74) is -0.637. The first-order valence-electron chi connectivity index (χ1n) is 24.5. The second kappa shape index (κ2) is 38.2. The van der Waals surface area contributed by atoms with E-state index in [-0.39, 0.29) is 32.1 Å². The molecule has 0 fully saturated rings. The van der Waals surface area contributed by atoms with Crippen molar-refractivity contribution in [3.05, 3.63) is 0 Å². The highest BCUT2D eigenvalue weighted by atomic mass is 16.4. The number of hydrogen-bond donors (Lipinski definition) is 11. The van der Waals surface area contributed by atoms with Crippen LogP contribution in [0.4, 0.5) is 0 Å². The minimum absolute atomic E-state index is 0.100. The van der Waals surface area contributed by atoms with Crippen LogP contribution in [-0.4, -0.2) is 134 Å². The number of carbonyl (C=O) groups is 11. The van der Waals surface area contributed by atoms with Crippen molar-refractivity contribution in [1.29, 1.82) is 0 Å². The molecule has 0 rings (SSSR count). The molecule has 22 nitrogen and oxygen atoms in total. The molecular formula is C47H80N6O16. The molecule has 11 N–H and O–H groups in total. The van der Waals surface area contributed by atoms with Gasteiger partial charge >= 0.3 is 29.8 Å². The van der Waals surface area contributed by atoms with E-state index in [1.54, 1.807) is 7.05 Å². The number of rotatable bonds is 45. The van der Waals surface area contributed by atoms with Gasteiger partial charge in [-0.15, -0.1) is 0 Å². The zero-order chi connectivity index (χ0) is 52.0. The van der Waals surface area contributed by atoms with Crippen molar-refractivity contribution >= 4 is 65.7 Å².